The minimum absolute atomic E-state index is 0.295. The molecule has 0 radical (unpaired) electrons. The lowest BCUT2D eigenvalue weighted by Gasteiger charge is -2.07. The monoisotopic (exact) mass is 212 g/mol. The van der Waals surface area contributed by atoms with E-state index in [9.17, 15) is 0 Å². The van der Waals surface area contributed by atoms with E-state index in [0.717, 1.165) is 0 Å². The highest BCUT2D eigenvalue weighted by Gasteiger charge is 2.41. The Kier molecular flexibility index (Phi) is 2.18. The van der Waals surface area contributed by atoms with Crippen LogP contribution in [-0.4, -0.2) is 11.0 Å². The molecule has 2 N–H and O–H groups in total. The van der Waals surface area contributed by atoms with Crippen LogP contribution < -0.4 is 5.73 Å². The molecule has 16 heavy (non-hydrogen) atoms. The molecule has 3 rings (SSSR count). The molecule has 0 amide bonds. The summed E-state index contributed by atoms with van der Waals surface area (Å²) in [4.78, 5) is 4.33. The van der Waals surface area contributed by atoms with E-state index in [1.807, 2.05) is 12.4 Å². The van der Waals surface area contributed by atoms with Crippen molar-refractivity contribution in [2.24, 2.45) is 11.7 Å². The first-order valence-electron chi connectivity index (χ1n) is 5.85. The van der Waals surface area contributed by atoms with Gasteiger partial charge in [0.2, 0.25) is 0 Å². The van der Waals surface area contributed by atoms with Gasteiger partial charge in [-0.05, 0) is 36.1 Å². The van der Waals surface area contributed by atoms with E-state index in [4.69, 9.17) is 5.73 Å². The molecule has 1 aromatic carbocycles. The largest absolute Gasteiger partial charge is 0.328 e. The maximum atomic E-state index is 5.95. The average molecular weight is 212 g/mol. The minimum Gasteiger partial charge on any atom is -0.328 e. The van der Waals surface area contributed by atoms with Crippen LogP contribution in [0.2, 0.25) is 0 Å². The normalized spacial score (nSPS) is 25.6. The van der Waals surface area contributed by atoms with Crippen molar-refractivity contribution >= 4 is 10.8 Å². The van der Waals surface area contributed by atoms with Gasteiger partial charge in [-0.15, -0.1) is 0 Å². The van der Waals surface area contributed by atoms with Crippen molar-refractivity contribution in [3.63, 3.8) is 0 Å². The summed E-state index contributed by atoms with van der Waals surface area (Å²) in [5.74, 6) is 1.27. The van der Waals surface area contributed by atoms with Crippen LogP contribution in [0.25, 0.3) is 10.8 Å². The molecule has 0 bridgehead atoms. The molecule has 3 atom stereocenters. The molecule has 1 aliphatic rings. The third kappa shape index (κ3) is 1.50. The van der Waals surface area contributed by atoms with Gasteiger partial charge >= 0.3 is 0 Å². The van der Waals surface area contributed by atoms with E-state index in [0.29, 0.717) is 17.9 Å². The van der Waals surface area contributed by atoms with Crippen molar-refractivity contribution in [1.29, 1.82) is 0 Å². The summed E-state index contributed by atoms with van der Waals surface area (Å²) in [6, 6.07) is 8.75. The van der Waals surface area contributed by atoms with Crippen LogP contribution in [0.5, 0.6) is 0 Å². The second kappa shape index (κ2) is 3.56. The Hall–Kier alpha value is -1.41. The number of benzene rings is 1. The van der Waals surface area contributed by atoms with E-state index in [2.05, 4.69) is 36.2 Å². The first kappa shape index (κ1) is 9.79. The number of hydrogen-bond donors (Lipinski definition) is 1. The lowest BCUT2D eigenvalue weighted by molar-refractivity contribution is 0.632. The van der Waals surface area contributed by atoms with Crippen molar-refractivity contribution in [3.8, 4) is 0 Å². The Labute approximate surface area is 95.5 Å². The average Bonchev–Trinajstić information content (AvgIpc) is 3.08. The van der Waals surface area contributed by atoms with Gasteiger partial charge in [-0.25, -0.2) is 0 Å². The summed E-state index contributed by atoms with van der Waals surface area (Å²) in [6.45, 7) is 2.10. The maximum absolute atomic E-state index is 5.95. The quantitative estimate of drug-likeness (QED) is 0.831. The predicted octanol–water partition coefficient (Wildman–Crippen LogP) is 2.69. The number of aromatic nitrogens is 1. The highest BCUT2D eigenvalue weighted by atomic mass is 14.7. The van der Waals surface area contributed by atoms with Crippen molar-refractivity contribution < 1.29 is 0 Å². The number of hydrogen-bond acceptors (Lipinski definition) is 2. The van der Waals surface area contributed by atoms with Crippen LogP contribution in [0.4, 0.5) is 0 Å². The first-order chi connectivity index (χ1) is 7.77. The fraction of sp³-hybridized carbons (Fsp3) is 0.357. The molecule has 1 fully saturated rings. The summed E-state index contributed by atoms with van der Waals surface area (Å²) in [5, 5.41) is 2.57. The summed E-state index contributed by atoms with van der Waals surface area (Å²) in [7, 11) is 0. The zero-order valence-corrected chi connectivity index (χ0v) is 9.43. The molecule has 2 nitrogen and oxygen atoms in total. The van der Waals surface area contributed by atoms with Gasteiger partial charge in [0.05, 0.1) is 0 Å². The maximum Gasteiger partial charge on any atom is 0.0346 e. The van der Waals surface area contributed by atoms with Gasteiger partial charge in [0.15, 0.2) is 0 Å². The van der Waals surface area contributed by atoms with Gasteiger partial charge in [0.1, 0.15) is 0 Å². The van der Waals surface area contributed by atoms with Gasteiger partial charge in [0, 0.05) is 23.8 Å². The zero-order chi connectivity index (χ0) is 11.1. The molecule has 1 aromatic heterocycles. The highest BCUT2D eigenvalue weighted by molar-refractivity contribution is 5.85. The highest BCUT2D eigenvalue weighted by Crippen LogP contribution is 2.50. The molecule has 2 aromatic rings. The van der Waals surface area contributed by atoms with Gasteiger partial charge in [-0.3, -0.25) is 4.98 Å². The van der Waals surface area contributed by atoms with Gasteiger partial charge in [-0.2, -0.15) is 0 Å². The van der Waals surface area contributed by atoms with Gasteiger partial charge in [0.25, 0.3) is 0 Å². The van der Waals surface area contributed by atoms with Crippen molar-refractivity contribution in [1.82, 2.24) is 4.98 Å². The fourth-order valence-corrected chi connectivity index (χ4v) is 2.59. The van der Waals surface area contributed by atoms with Crippen LogP contribution in [-0.2, 0) is 0 Å². The SMILES string of the molecule is CC(N)C1CC1c1cncc2ccccc12. The van der Waals surface area contributed by atoms with Crippen LogP contribution in [0, 0.1) is 5.92 Å². The zero-order valence-electron chi connectivity index (χ0n) is 9.43. The van der Waals surface area contributed by atoms with E-state index in [1.54, 1.807) is 0 Å². The van der Waals surface area contributed by atoms with Crippen LogP contribution >= 0.6 is 0 Å². The number of nitrogens with zero attached hydrogens (tertiary/aromatic N) is 1. The predicted molar refractivity (Wildman–Crippen MR) is 66.2 cm³/mol. The molecule has 82 valence electrons. The third-order valence-electron chi connectivity index (χ3n) is 3.61. The Morgan fingerprint density at radius 1 is 1.31 bits per heavy atom. The number of nitrogens with two attached hydrogens (primary N) is 1. The van der Waals surface area contributed by atoms with Crippen molar-refractivity contribution in [2.45, 2.75) is 25.3 Å². The number of pyridine rings is 1. The third-order valence-corrected chi connectivity index (χ3v) is 3.61. The summed E-state index contributed by atoms with van der Waals surface area (Å²) >= 11 is 0. The lowest BCUT2D eigenvalue weighted by atomic mass is 10.0. The molecule has 0 aliphatic heterocycles. The molecular formula is C14H16N2. The van der Waals surface area contributed by atoms with Crippen molar-refractivity contribution in [2.75, 3.05) is 0 Å². The molecule has 1 saturated carbocycles. The molecule has 2 heteroatoms. The molecular weight excluding hydrogens is 196 g/mol. The number of fused-ring (bicyclic) bond motifs is 1. The van der Waals surface area contributed by atoms with Crippen LogP contribution in [0.3, 0.4) is 0 Å². The Morgan fingerprint density at radius 2 is 2.12 bits per heavy atom. The van der Waals surface area contributed by atoms with Gasteiger partial charge < -0.3 is 5.73 Å². The van der Waals surface area contributed by atoms with Crippen molar-refractivity contribution in [3.05, 3.63) is 42.2 Å². The molecule has 1 aliphatic carbocycles. The first-order valence-corrected chi connectivity index (χ1v) is 5.85. The Bertz CT molecular complexity index is 514. The standard InChI is InChI=1S/C14H16N2/c1-9(15)12-6-13(12)14-8-16-7-10-4-2-3-5-11(10)14/h2-5,7-9,12-13H,6,15H2,1H3. The van der Waals surface area contributed by atoms with Crippen LogP contribution in [0.15, 0.2) is 36.7 Å². The topological polar surface area (TPSA) is 38.9 Å². The second-order valence-electron chi connectivity index (χ2n) is 4.82. The molecule has 3 unspecified atom stereocenters. The minimum atomic E-state index is 0.295. The molecule has 1 heterocycles. The molecule has 0 saturated heterocycles. The summed E-state index contributed by atoms with van der Waals surface area (Å²) in [5.41, 5.74) is 7.32. The van der Waals surface area contributed by atoms with E-state index in [-0.39, 0.29) is 0 Å². The smallest absolute Gasteiger partial charge is 0.0346 e. The van der Waals surface area contributed by atoms with E-state index in [1.165, 1.54) is 22.8 Å². The van der Waals surface area contributed by atoms with Gasteiger partial charge in [-0.1, -0.05) is 24.3 Å². The second-order valence-corrected chi connectivity index (χ2v) is 4.82. The van der Waals surface area contributed by atoms with E-state index >= 15 is 0 Å². The fourth-order valence-electron chi connectivity index (χ4n) is 2.59. The lowest BCUT2D eigenvalue weighted by Crippen LogP contribution is -2.18. The van der Waals surface area contributed by atoms with E-state index < -0.39 is 0 Å². The molecule has 0 spiro atoms. The summed E-state index contributed by atoms with van der Waals surface area (Å²) < 4.78 is 0. The Balaban J connectivity index is 2.05. The summed E-state index contributed by atoms with van der Waals surface area (Å²) in [6.07, 6.45) is 5.16. The Morgan fingerprint density at radius 3 is 2.88 bits per heavy atom. The number of rotatable bonds is 2. The van der Waals surface area contributed by atoms with Crippen LogP contribution in [0.1, 0.15) is 24.8 Å².